The van der Waals surface area contributed by atoms with Crippen LogP contribution in [0.1, 0.15) is 90.9 Å². The fourth-order valence-corrected chi connectivity index (χ4v) is 5.75. The van der Waals surface area contributed by atoms with Crippen LogP contribution in [0.3, 0.4) is 0 Å². The second kappa shape index (κ2) is 23.6. The van der Waals surface area contributed by atoms with Crippen molar-refractivity contribution in [3.63, 3.8) is 0 Å². The number of hydrogen-bond acceptors (Lipinski definition) is 0. The molecule has 0 fully saturated rings. The molecule has 1 heteroatoms. The third kappa shape index (κ3) is 24.0. The summed E-state index contributed by atoms with van der Waals surface area (Å²) in [5, 5.41) is 0. The summed E-state index contributed by atoms with van der Waals surface area (Å²) in [7, 11) is 0. The Morgan fingerprint density at radius 2 is 0.842 bits per heavy atom. The third-order valence-electron chi connectivity index (χ3n) is 3.41. The van der Waals surface area contributed by atoms with Crippen LogP contribution in [0.4, 0.5) is 0 Å². The van der Waals surface area contributed by atoms with Crippen molar-refractivity contribution in [3.8, 4) is 0 Å². The van der Waals surface area contributed by atoms with Crippen LogP contribution in [0.25, 0.3) is 0 Å². The van der Waals surface area contributed by atoms with Gasteiger partial charge in [-0.25, -0.2) is 0 Å². The molecule has 0 unspecified atom stereocenters. The van der Waals surface area contributed by atoms with Gasteiger partial charge in [-0.3, -0.25) is 0 Å². The summed E-state index contributed by atoms with van der Waals surface area (Å²) >= 11 is 0.0736. The van der Waals surface area contributed by atoms with Crippen LogP contribution < -0.4 is 0 Å². The molecule has 2 radical (unpaired) electrons. The quantitative estimate of drug-likeness (QED) is 0.174. The van der Waals surface area contributed by atoms with Crippen molar-refractivity contribution in [1.29, 1.82) is 0 Å². The summed E-state index contributed by atoms with van der Waals surface area (Å²) in [5.74, 6) is 0. The molecule has 0 bridgehead atoms. The Hall–Kier alpha value is 0.539. The van der Waals surface area contributed by atoms with E-state index in [-0.39, 0.29) is 21.1 Å². The summed E-state index contributed by atoms with van der Waals surface area (Å²) in [6.45, 7) is 10.6. The molecule has 0 aliphatic rings. The van der Waals surface area contributed by atoms with Gasteiger partial charge in [-0.1, -0.05) is 0 Å². The van der Waals surface area contributed by atoms with E-state index in [9.17, 15) is 0 Å². The molecular weight excluding hydrogens is 335 g/mol. The van der Waals surface area contributed by atoms with Crippen molar-refractivity contribution in [2.24, 2.45) is 0 Å². The average molecular weight is 373 g/mol. The van der Waals surface area contributed by atoms with Gasteiger partial charge in [0.15, 0.2) is 0 Å². The Kier molecular flexibility index (Phi) is 27.1. The Labute approximate surface area is 134 Å². The van der Waals surface area contributed by atoms with E-state index in [4.69, 9.17) is 0 Å². The minimum atomic E-state index is 0.0736. The van der Waals surface area contributed by atoms with Gasteiger partial charge >= 0.3 is 121 Å². The second-order valence-corrected chi connectivity index (χ2v) is 9.57. The standard InChI is InChI=1S/2C8H17.C2H4.Sn/c2*1-3-5-7-8-6-4-2;1-2;/h2*1,3-8H2,2H3;1-2H2;. The predicted octanol–water partition coefficient (Wildman–Crippen LogP) is 7.05. The van der Waals surface area contributed by atoms with Crippen LogP contribution >= 0.6 is 0 Å². The first-order valence-electron chi connectivity index (χ1n) is 8.62. The molecule has 0 aromatic carbocycles. The van der Waals surface area contributed by atoms with Gasteiger partial charge in [0.25, 0.3) is 0 Å². The third-order valence-corrected chi connectivity index (χ3v) is 7.45. The molecule has 0 heterocycles. The molecule has 0 saturated carbocycles. The molecule has 114 valence electrons. The number of rotatable bonds is 14. The Balaban J connectivity index is 0. The van der Waals surface area contributed by atoms with Gasteiger partial charge in [0.1, 0.15) is 0 Å². The maximum absolute atomic E-state index is 3.00. The SMILES string of the molecule is C=C.CCCCCCC[CH2][Sn][CH2]CCCCCCC. The summed E-state index contributed by atoms with van der Waals surface area (Å²) < 4.78 is 3.31. The van der Waals surface area contributed by atoms with Crippen molar-refractivity contribution < 1.29 is 0 Å². The molecule has 19 heavy (non-hydrogen) atoms. The molecule has 0 nitrogen and oxygen atoms in total. The molecule has 0 aromatic rings. The van der Waals surface area contributed by atoms with E-state index in [2.05, 4.69) is 27.0 Å². The van der Waals surface area contributed by atoms with Gasteiger partial charge < -0.3 is 0 Å². The van der Waals surface area contributed by atoms with E-state index in [1.165, 1.54) is 64.2 Å². The first-order chi connectivity index (χ1) is 9.41. The molecule has 0 aromatic heterocycles. The van der Waals surface area contributed by atoms with Gasteiger partial charge in [-0.05, 0) is 0 Å². The van der Waals surface area contributed by atoms with Gasteiger partial charge in [0.05, 0.1) is 0 Å². The molecule has 0 amide bonds. The molecule has 0 N–H and O–H groups in total. The van der Waals surface area contributed by atoms with E-state index in [0.717, 1.165) is 0 Å². The van der Waals surface area contributed by atoms with E-state index in [0.29, 0.717) is 0 Å². The summed E-state index contributed by atoms with van der Waals surface area (Å²) in [5.41, 5.74) is 0. The van der Waals surface area contributed by atoms with Gasteiger partial charge in [-0.2, -0.15) is 0 Å². The first-order valence-corrected chi connectivity index (χ1v) is 12.7. The van der Waals surface area contributed by atoms with Crippen LogP contribution in [0.2, 0.25) is 8.87 Å². The van der Waals surface area contributed by atoms with Crippen molar-refractivity contribution in [2.45, 2.75) is 99.8 Å². The van der Waals surface area contributed by atoms with Gasteiger partial charge in [-0.15, -0.1) is 13.2 Å². The van der Waals surface area contributed by atoms with E-state index < -0.39 is 0 Å². The monoisotopic (exact) mass is 374 g/mol. The fourth-order valence-electron chi connectivity index (χ4n) is 2.19. The normalized spacial score (nSPS) is 10.0. The van der Waals surface area contributed by atoms with Crippen molar-refractivity contribution >= 4 is 21.1 Å². The van der Waals surface area contributed by atoms with Crippen LogP contribution in [-0.4, -0.2) is 21.1 Å². The Bertz CT molecular complexity index is 120. The molecular formula is C18H38Sn. The maximum atomic E-state index is 3.00. The fraction of sp³-hybridized carbons (Fsp3) is 0.889. The second-order valence-electron chi connectivity index (χ2n) is 5.29. The molecule has 0 rings (SSSR count). The molecule has 0 aliphatic carbocycles. The Morgan fingerprint density at radius 3 is 1.21 bits per heavy atom. The zero-order chi connectivity index (χ0) is 14.6. The first kappa shape index (κ1) is 21.8. The van der Waals surface area contributed by atoms with Crippen molar-refractivity contribution in [2.75, 3.05) is 0 Å². The molecule has 0 aliphatic heterocycles. The zero-order valence-electron chi connectivity index (χ0n) is 13.8. The molecule has 0 saturated heterocycles. The number of hydrogen-bond donors (Lipinski definition) is 0. The minimum absolute atomic E-state index is 0.0736. The summed E-state index contributed by atoms with van der Waals surface area (Å²) in [4.78, 5) is 0. The topological polar surface area (TPSA) is 0 Å². The van der Waals surface area contributed by atoms with Gasteiger partial charge in [0, 0.05) is 0 Å². The van der Waals surface area contributed by atoms with E-state index in [1.807, 2.05) is 0 Å². The van der Waals surface area contributed by atoms with Crippen molar-refractivity contribution in [1.82, 2.24) is 0 Å². The van der Waals surface area contributed by atoms with E-state index in [1.54, 1.807) is 21.7 Å². The van der Waals surface area contributed by atoms with Crippen molar-refractivity contribution in [3.05, 3.63) is 13.2 Å². The van der Waals surface area contributed by atoms with E-state index >= 15 is 0 Å². The van der Waals surface area contributed by atoms with Gasteiger partial charge in [0.2, 0.25) is 0 Å². The average Bonchev–Trinajstić information content (AvgIpc) is 2.46. The van der Waals surface area contributed by atoms with Crippen LogP contribution in [0, 0.1) is 0 Å². The van der Waals surface area contributed by atoms with Crippen LogP contribution in [0.15, 0.2) is 13.2 Å². The molecule has 0 spiro atoms. The molecule has 0 atom stereocenters. The Morgan fingerprint density at radius 1 is 0.526 bits per heavy atom. The summed E-state index contributed by atoms with van der Waals surface area (Å²) in [6.07, 6.45) is 17.8. The number of unbranched alkanes of at least 4 members (excludes halogenated alkanes) is 10. The predicted molar refractivity (Wildman–Crippen MR) is 93.4 cm³/mol. The summed E-state index contributed by atoms with van der Waals surface area (Å²) in [6, 6.07) is 0. The zero-order valence-corrected chi connectivity index (χ0v) is 16.7. The van der Waals surface area contributed by atoms with Crippen LogP contribution in [-0.2, 0) is 0 Å². The van der Waals surface area contributed by atoms with Crippen LogP contribution in [0.5, 0.6) is 0 Å².